The van der Waals surface area contributed by atoms with Gasteiger partial charge in [-0.15, -0.1) is 0 Å². The molecule has 0 bridgehead atoms. The Hall–Kier alpha value is -1.77. The van der Waals surface area contributed by atoms with Gasteiger partial charge in [0.25, 0.3) is 0 Å². The maximum absolute atomic E-state index is 4.08. The van der Waals surface area contributed by atoms with E-state index in [1.165, 1.54) is 36.9 Å². The van der Waals surface area contributed by atoms with Crippen molar-refractivity contribution < 1.29 is 0 Å². The zero-order valence-electron chi connectivity index (χ0n) is 12.5. The van der Waals surface area contributed by atoms with Gasteiger partial charge in [0, 0.05) is 30.7 Å². The summed E-state index contributed by atoms with van der Waals surface area (Å²) in [6.07, 6.45) is 10.6. The molecule has 1 heterocycles. The number of benzene rings is 1. The molecule has 3 heteroatoms. The summed E-state index contributed by atoms with van der Waals surface area (Å²) in [5.74, 6) is 0. The van der Waals surface area contributed by atoms with Gasteiger partial charge in [-0.3, -0.25) is 0 Å². The van der Waals surface area contributed by atoms with Crippen LogP contribution in [0.15, 0.2) is 43.0 Å². The van der Waals surface area contributed by atoms with Gasteiger partial charge in [-0.25, -0.2) is 4.98 Å². The third-order valence-electron chi connectivity index (χ3n) is 3.62. The van der Waals surface area contributed by atoms with E-state index in [1.54, 1.807) is 0 Å². The van der Waals surface area contributed by atoms with E-state index in [0.29, 0.717) is 6.04 Å². The zero-order chi connectivity index (χ0) is 14.2. The Bertz CT molecular complexity index is 491. The number of aromatic nitrogens is 2. The van der Waals surface area contributed by atoms with E-state index in [2.05, 4.69) is 53.0 Å². The summed E-state index contributed by atoms with van der Waals surface area (Å²) in [6, 6.07) is 9.28. The molecule has 0 aliphatic rings. The fraction of sp³-hybridized carbons (Fsp3) is 0.471. The molecule has 0 aliphatic heterocycles. The number of unbranched alkanes of at least 4 members (excludes halogenated alkanes) is 1. The summed E-state index contributed by atoms with van der Waals surface area (Å²) in [4.78, 5) is 4.08. The molecule has 2 rings (SSSR count). The average molecular weight is 271 g/mol. The summed E-state index contributed by atoms with van der Waals surface area (Å²) >= 11 is 0. The number of hydrogen-bond acceptors (Lipinski definition) is 2. The molecule has 0 amide bonds. The van der Waals surface area contributed by atoms with Gasteiger partial charge in [-0.1, -0.05) is 38.8 Å². The van der Waals surface area contributed by atoms with Crippen molar-refractivity contribution in [2.75, 3.05) is 5.32 Å². The van der Waals surface area contributed by atoms with Crippen LogP contribution in [0.4, 0.5) is 5.69 Å². The van der Waals surface area contributed by atoms with Crippen molar-refractivity contribution in [2.24, 2.45) is 0 Å². The maximum atomic E-state index is 4.08. The van der Waals surface area contributed by atoms with Crippen LogP contribution in [0.3, 0.4) is 0 Å². The van der Waals surface area contributed by atoms with Gasteiger partial charge in [0.2, 0.25) is 0 Å². The lowest BCUT2D eigenvalue weighted by Gasteiger charge is -2.18. The van der Waals surface area contributed by atoms with Crippen LogP contribution in [0.25, 0.3) is 0 Å². The number of imidazole rings is 1. The second kappa shape index (κ2) is 7.73. The van der Waals surface area contributed by atoms with E-state index in [4.69, 9.17) is 0 Å². The van der Waals surface area contributed by atoms with Crippen LogP contribution >= 0.6 is 0 Å². The Kier molecular flexibility index (Phi) is 5.66. The first-order valence-corrected chi connectivity index (χ1v) is 7.63. The van der Waals surface area contributed by atoms with Gasteiger partial charge in [0.1, 0.15) is 0 Å². The van der Waals surface area contributed by atoms with Crippen LogP contribution in [0.1, 0.15) is 45.1 Å². The Morgan fingerprint density at radius 2 is 2.20 bits per heavy atom. The van der Waals surface area contributed by atoms with Crippen molar-refractivity contribution in [3.8, 4) is 0 Å². The predicted molar refractivity (Wildman–Crippen MR) is 85.0 cm³/mol. The quantitative estimate of drug-likeness (QED) is 0.775. The number of hydrogen-bond donors (Lipinski definition) is 1. The lowest BCUT2D eigenvalue weighted by Crippen LogP contribution is -2.18. The van der Waals surface area contributed by atoms with Crippen molar-refractivity contribution in [3.05, 3.63) is 48.5 Å². The van der Waals surface area contributed by atoms with Crippen LogP contribution in [-0.2, 0) is 6.54 Å². The monoisotopic (exact) mass is 271 g/mol. The summed E-state index contributed by atoms with van der Waals surface area (Å²) in [7, 11) is 0. The highest BCUT2D eigenvalue weighted by atomic mass is 15.0. The average Bonchev–Trinajstić information content (AvgIpc) is 2.96. The van der Waals surface area contributed by atoms with Crippen molar-refractivity contribution >= 4 is 5.69 Å². The lowest BCUT2D eigenvalue weighted by atomic mass is 10.1. The SMILES string of the molecule is CCCCC(CC)Nc1cccc(Cn2ccnc2)c1. The van der Waals surface area contributed by atoms with Crippen LogP contribution in [-0.4, -0.2) is 15.6 Å². The summed E-state index contributed by atoms with van der Waals surface area (Å²) in [5, 5.41) is 3.66. The molecule has 2 aromatic rings. The Balaban J connectivity index is 1.97. The smallest absolute Gasteiger partial charge is 0.0949 e. The number of anilines is 1. The van der Waals surface area contributed by atoms with Gasteiger partial charge in [-0.2, -0.15) is 0 Å². The fourth-order valence-electron chi connectivity index (χ4n) is 2.42. The molecular weight excluding hydrogens is 246 g/mol. The Labute approximate surface area is 122 Å². The van der Waals surface area contributed by atoms with Crippen molar-refractivity contribution in [1.29, 1.82) is 0 Å². The summed E-state index contributed by atoms with van der Waals surface area (Å²) < 4.78 is 2.09. The molecular formula is C17H25N3. The van der Waals surface area contributed by atoms with E-state index in [1.807, 2.05) is 18.7 Å². The molecule has 0 aliphatic carbocycles. The molecule has 1 aromatic heterocycles. The molecule has 1 atom stereocenters. The highest BCUT2D eigenvalue weighted by molar-refractivity contribution is 5.46. The molecule has 0 radical (unpaired) electrons. The Morgan fingerprint density at radius 3 is 2.90 bits per heavy atom. The minimum absolute atomic E-state index is 0.582. The molecule has 0 spiro atoms. The van der Waals surface area contributed by atoms with E-state index in [-0.39, 0.29) is 0 Å². The first-order chi connectivity index (χ1) is 9.81. The third-order valence-corrected chi connectivity index (χ3v) is 3.62. The summed E-state index contributed by atoms with van der Waals surface area (Å²) in [6.45, 7) is 5.38. The molecule has 0 saturated carbocycles. The van der Waals surface area contributed by atoms with Crippen LogP contribution < -0.4 is 5.32 Å². The topological polar surface area (TPSA) is 29.9 Å². The van der Waals surface area contributed by atoms with E-state index in [0.717, 1.165) is 6.54 Å². The van der Waals surface area contributed by atoms with E-state index in [9.17, 15) is 0 Å². The number of nitrogens with one attached hydrogen (secondary N) is 1. The molecule has 1 unspecified atom stereocenters. The number of rotatable bonds is 8. The third kappa shape index (κ3) is 4.41. The predicted octanol–water partition coefficient (Wildman–Crippen LogP) is 4.31. The van der Waals surface area contributed by atoms with Crippen LogP contribution in [0.5, 0.6) is 0 Å². The first-order valence-electron chi connectivity index (χ1n) is 7.63. The second-order valence-electron chi connectivity index (χ2n) is 5.33. The van der Waals surface area contributed by atoms with Gasteiger partial charge in [0.05, 0.1) is 6.33 Å². The standard InChI is InChI=1S/C17H25N3/c1-3-5-8-16(4-2)19-17-9-6-7-15(12-17)13-20-11-10-18-14-20/h6-7,9-12,14,16,19H,3-5,8,13H2,1-2H3. The maximum Gasteiger partial charge on any atom is 0.0949 e. The van der Waals surface area contributed by atoms with Crippen molar-refractivity contribution in [1.82, 2.24) is 9.55 Å². The lowest BCUT2D eigenvalue weighted by molar-refractivity contribution is 0.593. The Morgan fingerprint density at radius 1 is 1.30 bits per heavy atom. The van der Waals surface area contributed by atoms with Gasteiger partial charge < -0.3 is 9.88 Å². The van der Waals surface area contributed by atoms with Crippen LogP contribution in [0.2, 0.25) is 0 Å². The molecule has 20 heavy (non-hydrogen) atoms. The van der Waals surface area contributed by atoms with Gasteiger partial charge in [-0.05, 0) is 30.5 Å². The molecule has 0 saturated heterocycles. The molecule has 0 fully saturated rings. The number of nitrogens with zero attached hydrogens (tertiary/aromatic N) is 2. The summed E-state index contributed by atoms with van der Waals surface area (Å²) in [5.41, 5.74) is 2.53. The minimum Gasteiger partial charge on any atom is -0.382 e. The van der Waals surface area contributed by atoms with Crippen molar-refractivity contribution in [3.63, 3.8) is 0 Å². The van der Waals surface area contributed by atoms with E-state index >= 15 is 0 Å². The normalized spacial score (nSPS) is 12.3. The van der Waals surface area contributed by atoms with E-state index < -0.39 is 0 Å². The molecule has 1 N–H and O–H groups in total. The minimum atomic E-state index is 0.582. The second-order valence-corrected chi connectivity index (χ2v) is 5.33. The van der Waals surface area contributed by atoms with Crippen molar-refractivity contribution in [2.45, 2.75) is 52.1 Å². The highest BCUT2D eigenvalue weighted by Gasteiger charge is 2.05. The zero-order valence-corrected chi connectivity index (χ0v) is 12.5. The fourth-order valence-corrected chi connectivity index (χ4v) is 2.42. The molecule has 3 nitrogen and oxygen atoms in total. The van der Waals surface area contributed by atoms with Gasteiger partial charge >= 0.3 is 0 Å². The first kappa shape index (κ1) is 14.6. The molecule has 108 valence electrons. The van der Waals surface area contributed by atoms with Gasteiger partial charge in [0.15, 0.2) is 0 Å². The highest BCUT2D eigenvalue weighted by Crippen LogP contribution is 2.16. The largest absolute Gasteiger partial charge is 0.382 e. The molecule has 1 aromatic carbocycles. The van der Waals surface area contributed by atoms with Crippen LogP contribution in [0, 0.1) is 0 Å².